The monoisotopic (exact) mass is 275 g/mol. The van der Waals surface area contributed by atoms with Crippen LogP contribution in [0.15, 0.2) is 48.5 Å². The van der Waals surface area contributed by atoms with Crippen molar-refractivity contribution in [3.05, 3.63) is 64.7 Å². The number of aromatic hydroxyl groups is 1. The maximum absolute atomic E-state index is 11.3. The topological polar surface area (TPSA) is 63.3 Å². The molecule has 98 valence electrons. The van der Waals surface area contributed by atoms with Crippen LogP contribution in [0.25, 0.3) is 0 Å². The average molecular weight is 276 g/mol. The first-order chi connectivity index (χ1) is 9.08. The van der Waals surface area contributed by atoms with Gasteiger partial charge in [0.15, 0.2) is 0 Å². The number of hydrogen-bond donors (Lipinski definition) is 2. The van der Waals surface area contributed by atoms with Gasteiger partial charge in [0, 0.05) is 22.9 Å². The van der Waals surface area contributed by atoms with Crippen molar-refractivity contribution in [3.63, 3.8) is 0 Å². The van der Waals surface area contributed by atoms with Gasteiger partial charge in [0.1, 0.15) is 5.75 Å². The van der Waals surface area contributed by atoms with Crippen LogP contribution >= 0.6 is 11.6 Å². The van der Waals surface area contributed by atoms with Crippen LogP contribution in [0.2, 0.25) is 5.02 Å². The van der Waals surface area contributed by atoms with Crippen molar-refractivity contribution in [1.82, 2.24) is 0 Å². The Bertz CT molecular complexity index is 584. The summed E-state index contributed by atoms with van der Waals surface area (Å²) in [5.74, 6) is -0.606. The molecular formula is C15H14ClNO2. The zero-order chi connectivity index (χ0) is 13.8. The van der Waals surface area contributed by atoms with E-state index in [4.69, 9.17) is 17.3 Å². The number of nitrogens with two attached hydrogens (primary N) is 1. The number of carbonyl (C=O) groups excluding carboxylic acids is 1. The minimum absolute atomic E-state index is 0.111. The Labute approximate surface area is 116 Å². The number of carbonyl (C=O) groups is 1. The summed E-state index contributed by atoms with van der Waals surface area (Å²) in [5.41, 5.74) is 6.83. The molecule has 2 aromatic carbocycles. The van der Waals surface area contributed by atoms with Crippen molar-refractivity contribution in [2.75, 3.05) is 0 Å². The second-order valence-corrected chi connectivity index (χ2v) is 4.77. The van der Waals surface area contributed by atoms with Gasteiger partial charge in [-0.05, 0) is 23.8 Å². The number of hydrogen-bond acceptors (Lipinski definition) is 2. The molecule has 0 saturated carbocycles. The van der Waals surface area contributed by atoms with E-state index in [1.807, 2.05) is 30.3 Å². The highest BCUT2D eigenvalue weighted by atomic mass is 35.5. The van der Waals surface area contributed by atoms with Gasteiger partial charge < -0.3 is 10.8 Å². The molecule has 19 heavy (non-hydrogen) atoms. The van der Waals surface area contributed by atoms with E-state index in [1.165, 1.54) is 6.07 Å². The molecule has 0 unspecified atom stereocenters. The number of halogens is 1. The zero-order valence-electron chi connectivity index (χ0n) is 10.2. The van der Waals surface area contributed by atoms with Crippen LogP contribution in [0.1, 0.15) is 23.5 Å². The summed E-state index contributed by atoms with van der Waals surface area (Å²) in [6.07, 6.45) is 0.123. The quantitative estimate of drug-likeness (QED) is 0.901. The van der Waals surface area contributed by atoms with Crippen LogP contribution in [0.5, 0.6) is 5.75 Å². The second-order valence-electron chi connectivity index (χ2n) is 4.34. The van der Waals surface area contributed by atoms with Crippen LogP contribution < -0.4 is 5.73 Å². The molecule has 0 spiro atoms. The van der Waals surface area contributed by atoms with Gasteiger partial charge in [-0.1, -0.05) is 41.9 Å². The Morgan fingerprint density at radius 3 is 2.53 bits per heavy atom. The van der Waals surface area contributed by atoms with Crippen LogP contribution in [0.3, 0.4) is 0 Å². The normalized spacial score (nSPS) is 12.1. The number of primary amides is 1. The van der Waals surface area contributed by atoms with Crippen LogP contribution in [0, 0.1) is 0 Å². The molecule has 0 aliphatic carbocycles. The van der Waals surface area contributed by atoms with Crippen molar-refractivity contribution in [2.24, 2.45) is 5.73 Å². The molecule has 0 bridgehead atoms. The summed E-state index contributed by atoms with van der Waals surface area (Å²) in [4.78, 5) is 11.3. The Balaban J connectivity index is 2.48. The molecule has 2 rings (SSSR count). The zero-order valence-corrected chi connectivity index (χ0v) is 11.0. The first kappa shape index (κ1) is 13.4. The molecule has 0 saturated heterocycles. The fourth-order valence-electron chi connectivity index (χ4n) is 2.10. The molecule has 0 heterocycles. The summed E-state index contributed by atoms with van der Waals surface area (Å²) in [5, 5.41) is 10.5. The van der Waals surface area contributed by atoms with E-state index in [2.05, 4.69) is 0 Å². The Kier molecular flexibility index (Phi) is 4.07. The summed E-state index contributed by atoms with van der Waals surface area (Å²) in [6.45, 7) is 0. The van der Waals surface area contributed by atoms with Gasteiger partial charge in [-0.3, -0.25) is 4.79 Å². The Hall–Kier alpha value is -2.00. The molecule has 1 atom stereocenters. The van der Waals surface area contributed by atoms with Crippen LogP contribution in [-0.4, -0.2) is 11.0 Å². The van der Waals surface area contributed by atoms with Gasteiger partial charge in [-0.2, -0.15) is 0 Å². The first-order valence-corrected chi connectivity index (χ1v) is 6.27. The highest BCUT2D eigenvalue weighted by molar-refractivity contribution is 6.30. The van der Waals surface area contributed by atoms with Gasteiger partial charge in [0.25, 0.3) is 0 Å². The summed E-state index contributed by atoms with van der Waals surface area (Å²) >= 11 is 5.96. The third kappa shape index (κ3) is 3.26. The highest BCUT2D eigenvalue weighted by Crippen LogP contribution is 2.35. The lowest BCUT2D eigenvalue weighted by molar-refractivity contribution is -0.118. The number of phenols is 1. The maximum Gasteiger partial charge on any atom is 0.218 e. The number of amides is 1. The first-order valence-electron chi connectivity index (χ1n) is 5.89. The largest absolute Gasteiger partial charge is 0.508 e. The van der Waals surface area contributed by atoms with Crippen LogP contribution in [0.4, 0.5) is 0 Å². The van der Waals surface area contributed by atoms with Gasteiger partial charge in [-0.25, -0.2) is 0 Å². The van der Waals surface area contributed by atoms with E-state index >= 15 is 0 Å². The van der Waals surface area contributed by atoms with Crippen molar-refractivity contribution in [1.29, 1.82) is 0 Å². The van der Waals surface area contributed by atoms with E-state index < -0.39 is 5.91 Å². The standard InChI is InChI=1S/C15H14ClNO2/c16-11-6-7-14(18)13(8-11)12(9-15(17)19)10-4-2-1-3-5-10/h1-8,12,18H,9H2,(H2,17,19)/t12-/m0/s1. The van der Waals surface area contributed by atoms with E-state index in [0.717, 1.165) is 5.56 Å². The van der Waals surface area contributed by atoms with Gasteiger partial charge in [0.2, 0.25) is 5.91 Å². The minimum Gasteiger partial charge on any atom is -0.508 e. The highest BCUT2D eigenvalue weighted by Gasteiger charge is 2.20. The van der Waals surface area contributed by atoms with Gasteiger partial charge in [-0.15, -0.1) is 0 Å². The smallest absolute Gasteiger partial charge is 0.218 e. The molecule has 3 nitrogen and oxygen atoms in total. The van der Waals surface area contributed by atoms with E-state index in [0.29, 0.717) is 10.6 Å². The van der Waals surface area contributed by atoms with Crippen molar-refractivity contribution in [3.8, 4) is 5.75 Å². The van der Waals surface area contributed by atoms with Gasteiger partial charge in [0.05, 0.1) is 0 Å². The SMILES string of the molecule is NC(=O)C[C@@H](c1ccccc1)c1cc(Cl)ccc1O. The second kappa shape index (κ2) is 5.76. The molecule has 0 aliphatic heterocycles. The molecule has 3 N–H and O–H groups in total. The van der Waals surface area contributed by atoms with Crippen molar-refractivity contribution >= 4 is 17.5 Å². The predicted octanol–water partition coefficient (Wildman–Crippen LogP) is 3.05. The van der Waals surface area contributed by atoms with E-state index in [-0.39, 0.29) is 18.1 Å². The minimum atomic E-state index is -0.423. The summed E-state index contributed by atoms with van der Waals surface area (Å²) in [6, 6.07) is 14.2. The molecule has 0 radical (unpaired) electrons. The molecule has 0 aromatic heterocycles. The fraction of sp³-hybridized carbons (Fsp3) is 0.133. The molecule has 1 amide bonds. The molecular weight excluding hydrogens is 262 g/mol. The lowest BCUT2D eigenvalue weighted by Gasteiger charge is -2.18. The summed E-state index contributed by atoms with van der Waals surface area (Å²) < 4.78 is 0. The number of rotatable bonds is 4. The average Bonchev–Trinajstić information content (AvgIpc) is 2.40. The number of benzene rings is 2. The maximum atomic E-state index is 11.3. The molecule has 0 aliphatic rings. The molecule has 0 fully saturated rings. The number of phenolic OH excluding ortho intramolecular Hbond substituents is 1. The Morgan fingerprint density at radius 1 is 1.21 bits per heavy atom. The van der Waals surface area contributed by atoms with Crippen molar-refractivity contribution in [2.45, 2.75) is 12.3 Å². The third-order valence-electron chi connectivity index (χ3n) is 2.97. The lowest BCUT2D eigenvalue weighted by Crippen LogP contribution is -2.16. The molecule has 4 heteroatoms. The van der Waals surface area contributed by atoms with E-state index in [9.17, 15) is 9.90 Å². The molecule has 2 aromatic rings. The summed E-state index contributed by atoms with van der Waals surface area (Å²) in [7, 11) is 0. The fourth-order valence-corrected chi connectivity index (χ4v) is 2.28. The van der Waals surface area contributed by atoms with E-state index in [1.54, 1.807) is 12.1 Å². The third-order valence-corrected chi connectivity index (χ3v) is 3.21. The van der Waals surface area contributed by atoms with Crippen molar-refractivity contribution < 1.29 is 9.90 Å². The van der Waals surface area contributed by atoms with Crippen LogP contribution in [-0.2, 0) is 4.79 Å². The van der Waals surface area contributed by atoms with Gasteiger partial charge >= 0.3 is 0 Å². The lowest BCUT2D eigenvalue weighted by atomic mass is 9.88. The predicted molar refractivity (Wildman–Crippen MR) is 75.2 cm³/mol. The Morgan fingerprint density at radius 2 is 1.89 bits per heavy atom.